The van der Waals surface area contributed by atoms with Crippen LogP contribution < -0.4 is 0 Å². The Morgan fingerprint density at radius 2 is 1.64 bits per heavy atom. The zero-order valence-electron chi connectivity index (χ0n) is 6.28. The molecule has 0 radical (unpaired) electrons. The maximum atomic E-state index is 12.6. The van der Waals surface area contributed by atoms with E-state index in [0.29, 0.717) is 5.56 Å². The number of hydrogen-bond donors (Lipinski definition) is 1. The molecule has 0 bridgehead atoms. The van der Waals surface area contributed by atoms with Crippen molar-refractivity contribution in [2.75, 3.05) is 0 Å². The van der Waals surface area contributed by atoms with Gasteiger partial charge < -0.3 is 5.11 Å². The van der Waals surface area contributed by atoms with Gasteiger partial charge in [-0.25, -0.2) is 4.39 Å². The molecule has 0 fully saturated rings. The van der Waals surface area contributed by atoms with Crippen LogP contribution in [0, 0.1) is 25.5 Å². The second kappa shape index (κ2) is 2.49. The number of benzene rings is 1. The van der Waals surface area contributed by atoms with E-state index in [2.05, 4.69) is 0 Å². The Balaban J connectivity index is 3.46. The second-order valence-corrected chi connectivity index (χ2v) is 2.49. The summed E-state index contributed by atoms with van der Waals surface area (Å²) >= 11 is 0. The van der Waals surface area contributed by atoms with Crippen LogP contribution in [0.15, 0.2) is 6.07 Å². The maximum Gasteiger partial charge on any atom is 0.200 e. The summed E-state index contributed by atoms with van der Waals surface area (Å²) in [6.45, 7) is 2.97. The van der Waals surface area contributed by atoms with Gasteiger partial charge >= 0.3 is 0 Å². The van der Waals surface area contributed by atoms with Crippen molar-refractivity contribution < 1.29 is 13.9 Å². The molecular formula is C8H8F2O. The van der Waals surface area contributed by atoms with Gasteiger partial charge in [-0.15, -0.1) is 0 Å². The summed E-state index contributed by atoms with van der Waals surface area (Å²) in [6, 6.07) is 1.40. The topological polar surface area (TPSA) is 20.2 Å². The molecule has 3 heteroatoms. The third-order valence-corrected chi connectivity index (χ3v) is 1.55. The smallest absolute Gasteiger partial charge is 0.200 e. The molecule has 0 amide bonds. The minimum absolute atomic E-state index is 0.206. The summed E-state index contributed by atoms with van der Waals surface area (Å²) in [5.74, 6) is -2.75. The average molecular weight is 158 g/mol. The quantitative estimate of drug-likeness (QED) is 0.614. The van der Waals surface area contributed by atoms with Crippen molar-refractivity contribution in [1.82, 2.24) is 0 Å². The SMILES string of the molecule is Cc1cc(C)c(F)c(F)c1O. The van der Waals surface area contributed by atoms with Crippen molar-refractivity contribution in [2.45, 2.75) is 13.8 Å². The highest BCUT2D eigenvalue weighted by molar-refractivity contribution is 5.37. The van der Waals surface area contributed by atoms with E-state index < -0.39 is 17.4 Å². The van der Waals surface area contributed by atoms with Gasteiger partial charge in [0.2, 0.25) is 5.82 Å². The number of aryl methyl sites for hydroxylation is 2. The van der Waals surface area contributed by atoms with E-state index in [-0.39, 0.29) is 5.56 Å². The molecule has 60 valence electrons. The molecule has 0 aliphatic rings. The number of phenolic OH excluding ortho intramolecular Hbond substituents is 1. The van der Waals surface area contributed by atoms with Gasteiger partial charge in [0.25, 0.3) is 0 Å². The summed E-state index contributed by atoms with van der Waals surface area (Å²) in [4.78, 5) is 0. The van der Waals surface area contributed by atoms with Gasteiger partial charge in [-0.05, 0) is 31.0 Å². The lowest BCUT2D eigenvalue weighted by molar-refractivity contribution is 0.402. The lowest BCUT2D eigenvalue weighted by atomic mass is 10.1. The third-order valence-electron chi connectivity index (χ3n) is 1.55. The van der Waals surface area contributed by atoms with Gasteiger partial charge in [-0.3, -0.25) is 0 Å². The molecule has 0 heterocycles. The van der Waals surface area contributed by atoms with Crippen LogP contribution in [0.3, 0.4) is 0 Å². The van der Waals surface area contributed by atoms with Crippen LogP contribution in [0.1, 0.15) is 11.1 Å². The number of phenols is 1. The number of hydrogen-bond acceptors (Lipinski definition) is 1. The summed E-state index contributed by atoms with van der Waals surface area (Å²) in [7, 11) is 0. The zero-order chi connectivity index (χ0) is 8.59. The fraction of sp³-hybridized carbons (Fsp3) is 0.250. The van der Waals surface area contributed by atoms with Crippen molar-refractivity contribution in [3.63, 3.8) is 0 Å². The molecule has 11 heavy (non-hydrogen) atoms. The largest absolute Gasteiger partial charge is 0.505 e. The second-order valence-electron chi connectivity index (χ2n) is 2.49. The van der Waals surface area contributed by atoms with E-state index in [9.17, 15) is 8.78 Å². The molecule has 0 spiro atoms. The van der Waals surface area contributed by atoms with Crippen LogP contribution in [0.4, 0.5) is 8.78 Å². The van der Waals surface area contributed by atoms with Crippen LogP contribution in [0.25, 0.3) is 0 Å². The van der Waals surface area contributed by atoms with E-state index in [4.69, 9.17) is 5.11 Å². The summed E-state index contributed by atoms with van der Waals surface area (Å²) in [5, 5.41) is 8.90. The number of aromatic hydroxyl groups is 1. The first-order valence-electron chi connectivity index (χ1n) is 3.18. The Bertz CT molecular complexity index is 268. The van der Waals surface area contributed by atoms with Crippen molar-refractivity contribution >= 4 is 0 Å². The Kier molecular flexibility index (Phi) is 1.81. The van der Waals surface area contributed by atoms with Crippen molar-refractivity contribution in [3.8, 4) is 5.75 Å². The standard InChI is InChI=1S/C8H8F2O/c1-4-3-5(2)8(11)7(10)6(4)9/h3,11H,1-2H3. The summed E-state index contributed by atoms with van der Waals surface area (Å²) < 4.78 is 25.3. The highest BCUT2D eigenvalue weighted by Crippen LogP contribution is 2.24. The van der Waals surface area contributed by atoms with Gasteiger partial charge in [-0.1, -0.05) is 0 Å². The van der Waals surface area contributed by atoms with E-state index >= 15 is 0 Å². The first-order chi connectivity index (χ1) is 5.04. The number of rotatable bonds is 0. The fourth-order valence-electron chi connectivity index (χ4n) is 0.907. The van der Waals surface area contributed by atoms with Crippen molar-refractivity contribution in [1.29, 1.82) is 0 Å². The van der Waals surface area contributed by atoms with E-state index in [1.54, 1.807) is 0 Å². The fourth-order valence-corrected chi connectivity index (χ4v) is 0.907. The van der Waals surface area contributed by atoms with Crippen molar-refractivity contribution in [2.24, 2.45) is 0 Å². The summed E-state index contributed by atoms with van der Waals surface area (Å²) in [5.41, 5.74) is 0.555. The van der Waals surface area contributed by atoms with Crippen LogP contribution in [-0.2, 0) is 0 Å². The lowest BCUT2D eigenvalue weighted by Crippen LogP contribution is -1.91. The van der Waals surface area contributed by atoms with Gasteiger partial charge in [-0.2, -0.15) is 4.39 Å². The highest BCUT2D eigenvalue weighted by Gasteiger charge is 2.12. The molecule has 1 aromatic carbocycles. The van der Waals surface area contributed by atoms with Gasteiger partial charge in [0.15, 0.2) is 11.6 Å². The molecule has 0 saturated heterocycles. The monoisotopic (exact) mass is 158 g/mol. The molecular weight excluding hydrogens is 150 g/mol. The Morgan fingerprint density at radius 1 is 1.09 bits per heavy atom. The molecule has 0 atom stereocenters. The van der Waals surface area contributed by atoms with E-state index in [1.165, 1.54) is 19.9 Å². The van der Waals surface area contributed by atoms with E-state index in [0.717, 1.165) is 0 Å². The Morgan fingerprint density at radius 3 is 2.18 bits per heavy atom. The third kappa shape index (κ3) is 1.18. The van der Waals surface area contributed by atoms with Gasteiger partial charge in [0, 0.05) is 0 Å². The van der Waals surface area contributed by atoms with Crippen LogP contribution in [0.5, 0.6) is 5.75 Å². The lowest BCUT2D eigenvalue weighted by Gasteiger charge is -2.03. The van der Waals surface area contributed by atoms with Gasteiger partial charge in [0.05, 0.1) is 0 Å². The molecule has 0 aliphatic carbocycles. The van der Waals surface area contributed by atoms with Crippen molar-refractivity contribution in [3.05, 3.63) is 28.8 Å². The minimum Gasteiger partial charge on any atom is -0.505 e. The summed E-state index contributed by atoms with van der Waals surface area (Å²) in [6.07, 6.45) is 0. The molecule has 0 saturated carbocycles. The molecule has 1 nitrogen and oxygen atoms in total. The highest BCUT2D eigenvalue weighted by atomic mass is 19.2. The zero-order valence-corrected chi connectivity index (χ0v) is 6.28. The first kappa shape index (κ1) is 7.98. The molecule has 0 aliphatic heterocycles. The van der Waals surface area contributed by atoms with Crippen LogP contribution in [0.2, 0.25) is 0 Å². The number of halogens is 2. The molecule has 1 N–H and O–H groups in total. The normalized spacial score (nSPS) is 10.2. The molecule has 0 unspecified atom stereocenters. The van der Waals surface area contributed by atoms with Crippen LogP contribution in [-0.4, -0.2) is 5.11 Å². The predicted molar refractivity (Wildman–Crippen MR) is 37.5 cm³/mol. The Hall–Kier alpha value is -1.12. The molecule has 1 rings (SSSR count). The maximum absolute atomic E-state index is 12.6. The Labute approximate surface area is 63.3 Å². The van der Waals surface area contributed by atoms with Gasteiger partial charge in [0.1, 0.15) is 0 Å². The average Bonchev–Trinajstić information content (AvgIpc) is 1.97. The van der Waals surface area contributed by atoms with Crippen LogP contribution >= 0.6 is 0 Å². The first-order valence-corrected chi connectivity index (χ1v) is 3.18. The molecule has 1 aromatic rings. The minimum atomic E-state index is -1.16. The van der Waals surface area contributed by atoms with E-state index in [1.807, 2.05) is 0 Å². The molecule has 0 aromatic heterocycles. The predicted octanol–water partition coefficient (Wildman–Crippen LogP) is 2.29.